The van der Waals surface area contributed by atoms with Gasteiger partial charge in [-0.05, 0) is 51.0 Å². The van der Waals surface area contributed by atoms with Crippen LogP contribution in [0.5, 0.6) is 0 Å². The van der Waals surface area contributed by atoms with Crippen molar-refractivity contribution in [2.75, 3.05) is 14.2 Å². The lowest BCUT2D eigenvalue weighted by Crippen LogP contribution is -2.64. The van der Waals surface area contributed by atoms with Crippen molar-refractivity contribution in [1.82, 2.24) is 5.06 Å². The van der Waals surface area contributed by atoms with Gasteiger partial charge in [-0.3, -0.25) is 19.2 Å². The fourth-order valence-electron chi connectivity index (χ4n) is 8.28. The Morgan fingerprint density at radius 3 is 2.59 bits per heavy atom. The Morgan fingerprint density at radius 2 is 1.94 bits per heavy atom. The molecular weight excluding hydrogens is 410 g/mol. The topological polar surface area (TPSA) is 85.4 Å². The highest BCUT2D eigenvalue weighted by atomic mass is 16.7. The summed E-state index contributed by atoms with van der Waals surface area (Å²) in [5, 5.41) is 1.32. The molecule has 7 nitrogen and oxygen atoms in total. The first-order valence-corrected chi connectivity index (χ1v) is 11.9. The maximum atomic E-state index is 13.6. The van der Waals surface area contributed by atoms with Crippen molar-refractivity contribution in [2.45, 2.75) is 83.5 Å². The van der Waals surface area contributed by atoms with E-state index in [2.05, 4.69) is 20.8 Å². The van der Waals surface area contributed by atoms with Crippen molar-refractivity contribution in [2.24, 2.45) is 28.6 Å². The zero-order chi connectivity index (χ0) is 23.3. The molecule has 5 rings (SSSR count). The Morgan fingerprint density at radius 1 is 1.22 bits per heavy atom. The van der Waals surface area contributed by atoms with Gasteiger partial charge in [0.1, 0.15) is 11.2 Å². The second-order valence-corrected chi connectivity index (χ2v) is 11.3. The molecular formula is C25H35NO6. The molecule has 0 aromatic carbocycles. The minimum Gasteiger partial charge on any atom is -0.459 e. The average molecular weight is 446 g/mol. The number of ether oxygens (including phenoxy) is 2. The SMILES string of the molecule is CON(C)C(=O)[C@@H]1CC2=CC(=O)CC[C@]2(C)[C@@]23O[C@@H]2C[C@@]2(C)C(CC[C@]2(C)OC(C)=O)C13. The molecule has 0 aromatic heterocycles. The molecule has 0 N–H and O–H groups in total. The van der Waals surface area contributed by atoms with Gasteiger partial charge in [-0.15, -0.1) is 0 Å². The van der Waals surface area contributed by atoms with Crippen LogP contribution in [0.2, 0.25) is 0 Å². The normalized spacial score (nSPS) is 48.6. The van der Waals surface area contributed by atoms with E-state index in [9.17, 15) is 14.4 Å². The summed E-state index contributed by atoms with van der Waals surface area (Å²) in [6.45, 7) is 7.98. The summed E-state index contributed by atoms with van der Waals surface area (Å²) in [6, 6.07) is 0. The van der Waals surface area contributed by atoms with Gasteiger partial charge in [0, 0.05) is 37.1 Å². The van der Waals surface area contributed by atoms with E-state index in [-0.39, 0.29) is 52.3 Å². The van der Waals surface area contributed by atoms with Crippen LogP contribution >= 0.6 is 0 Å². The predicted octanol–water partition coefficient (Wildman–Crippen LogP) is 3.22. The summed E-state index contributed by atoms with van der Waals surface area (Å²) in [5.41, 5.74) is -0.499. The van der Waals surface area contributed by atoms with E-state index in [1.165, 1.54) is 19.1 Å². The minimum atomic E-state index is -0.581. The third-order valence-corrected chi connectivity index (χ3v) is 10.2. The Bertz CT molecular complexity index is 929. The van der Waals surface area contributed by atoms with Crippen LogP contribution in [0.15, 0.2) is 11.6 Å². The van der Waals surface area contributed by atoms with Gasteiger partial charge in [0.15, 0.2) is 5.78 Å². The number of carbonyl (C=O) groups is 3. The lowest BCUT2D eigenvalue weighted by molar-refractivity contribution is -0.189. The minimum absolute atomic E-state index is 0.00761. The van der Waals surface area contributed by atoms with E-state index >= 15 is 0 Å². The highest BCUT2D eigenvalue weighted by molar-refractivity contribution is 5.92. The highest BCUT2D eigenvalue weighted by Gasteiger charge is 2.82. The second kappa shape index (κ2) is 6.66. The molecule has 0 bridgehead atoms. The first kappa shape index (κ1) is 22.1. The van der Waals surface area contributed by atoms with Gasteiger partial charge in [-0.25, -0.2) is 5.06 Å². The van der Waals surface area contributed by atoms with Gasteiger partial charge in [-0.1, -0.05) is 19.4 Å². The molecule has 4 fully saturated rings. The largest absolute Gasteiger partial charge is 0.459 e. The molecule has 7 heteroatoms. The van der Waals surface area contributed by atoms with Crippen molar-refractivity contribution in [3.05, 3.63) is 11.6 Å². The number of esters is 1. The quantitative estimate of drug-likeness (QED) is 0.377. The van der Waals surface area contributed by atoms with E-state index in [1.807, 2.05) is 0 Å². The number of ketones is 1. The van der Waals surface area contributed by atoms with Crippen LogP contribution in [-0.4, -0.2) is 54.2 Å². The molecule has 5 aliphatic rings. The Kier molecular flexibility index (Phi) is 4.59. The zero-order valence-corrected chi connectivity index (χ0v) is 20.0. The molecule has 2 unspecified atom stereocenters. The fourth-order valence-corrected chi connectivity index (χ4v) is 8.28. The van der Waals surface area contributed by atoms with E-state index in [0.717, 1.165) is 31.3 Å². The summed E-state index contributed by atoms with van der Waals surface area (Å²) in [4.78, 5) is 43.2. The molecule has 3 saturated carbocycles. The average Bonchev–Trinajstić information content (AvgIpc) is 3.39. The van der Waals surface area contributed by atoms with Gasteiger partial charge < -0.3 is 9.47 Å². The smallest absolute Gasteiger partial charge is 0.303 e. The van der Waals surface area contributed by atoms with Gasteiger partial charge in [0.2, 0.25) is 5.91 Å². The van der Waals surface area contributed by atoms with Crippen LogP contribution in [0.25, 0.3) is 0 Å². The van der Waals surface area contributed by atoms with Crippen LogP contribution < -0.4 is 0 Å². The molecule has 1 aliphatic heterocycles. The standard InChI is InChI=1S/C25H35NO6/c1-14(27)31-24(4)10-8-18-20-17(21(29)26(5)30-6)12-15-11-16(28)7-9-22(15,2)25(20)19(32-25)13-23(18,24)3/h11,17-20H,7-10,12-13H2,1-6H3/t17-,18?,19-,20?,22+,23+,24+,25-/m1/s1. The molecule has 0 aromatic rings. The number of hydroxylamine groups is 2. The maximum Gasteiger partial charge on any atom is 0.303 e. The van der Waals surface area contributed by atoms with E-state index in [1.54, 1.807) is 13.1 Å². The third-order valence-electron chi connectivity index (χ3n) is 10.2. The van der Waals surface area contributed by atoms with Crippen molar-refractivity contribution in [1.29, 1.82) is 0 Å². The molecule has 1 heterocycles. The summed E-state index contributed by atoms with van der Waals surface area (Å²) in [5.74, 6) is -0.358. The summed E-state index contributed by atoms with van der Waals surface area (Å²) >= 11 is 0. The van der Waals surface area contributed by atoms with Crippen LogP contribution in [-0.2, 0) is 28.7 Å². The maximum absolute atomic E-state index is 13.6. The number of hydrogen-bond donors (Lipinski definition) is 0. The first-order valence-electron chi connectivity index (χ1n) is 11.9. The van der Waals surface area contributed by atoms with Crippen molar-refractivity contribution in [3.8, 4) is 0 Å². The van der Waals surface area contributed by atoms with Crippen molar-refractivity contribution >= 4 is 17.7 Å². The van der Waals surface area contributed by atoms with Gasteiger partial charge in [0.25, 0.3) is 0 Å². The Balaban J connectivity index is 1.63. The number of nitrogens with zero attached hydrogens (tertiary/aromatic N) is 1. The molecule has 1 saturated heterocycles. The van der Waals surface area contributed by atoms with E-state index < -0.39 is 11.2 Å². The lowest BCUT2D eigenvalue weighted by atomic mass is 9.43. The molecule has 1 amide bonds. The lowest BCUT2D eigenvalue weighted by Gasteiger charge is -2.59. The van der Waals surface area contributed by atoms with Crippen LogP contribution in [0.3, 0.4) is 0 Å². The van der Waals surface area contributed by atoms with Gasteiger partial charge >= 0.3 is 5.97 Å². The van der Waals surface area contributed by atoms with Crippen LogP contribution in [0.4, 0.5) is 0 Å². The van der Waals surface area contributed by atoms with E-state index in [0.29, 0.717) is 12.8 Å². The molecule has 4 aliphatic carbocycles. The first-order chi connectivity index (χ1) is 14.9. The summed E-state index contributed by atoms with van der Waals surface area (Å²) < 4.78 is 12.6. The summed E-state index contributed by atoms with van der Waals surface area (Å²) in [6.07, 6.45) is 6.08. The Hall–Kier alpha value is -1.73. The molecule has 1 spiro atoms. The van der Waals surface area contributed by atoms with Gasteiger partial charge in [-0.2, -0.15) is 0 Å². The number of fused-ring (bicyclic) bond motifs is 3. The number of amides is 1. The van der Waals surface area contributed by atoms with Crippen molar-refractivity contribution < 1.29 is 28.7 Å². The van der Waals surface area contributed by atoms with E-state index in [4.69, 9.17) is 14.3 Å². The Labute approximate surface area is 189 Å². The monoisotopic (exact) mass is 445 g/mol. The highest BCUT2D eigenvalue weighted by Crippen LogP contribution is 2.77. The number of epoxide rings is 1. The van der Waals surface area contributed by atoms with Gasteiger partial charge in [0.05, 0.1) is 19.1 Å². The van der Waals surface area contributed by atoms with Crippen LogP contribution in [0.1, 0.15) is 66.2 Å². The zero-order valence-electron chi connectivity index (χ0n) is 20.0. The number of carbonyl (C=O) groups excluding carboxylic acids is 3. The van der Waals surface area contributed by atoms with Crippen molar-refractivity contribution in [3.63, 3.8) is 0 Å². The number of rotatable bonds is 3. The fraction of sp³-hybridized carbons (Fsp3) is 0.800. The molecule has 8 atom stereocenters. The summed E-state index contributed by atoms with van der Waals surface area (Å²) in [7, 11) is 3.15. The number of hydrogen-bond acceptors (Lipinski definition) is 6. The molecule has 0 radical (unpaired) electrons. The molecule has 32 heavy (non-hydrogen) atoms. The molecule has 176 valence electrons. The van der Waals surface area contributed by atoms with Crippen LogP contribution in [0, 0.1) is 28.6 Å². The second-order valence-electron chi connectivity index (χ2n) is 11.3. The third kappa shape index (κ3) is 2.52. The predicted molar refractivity (Wildman–Crippen MR) is 115 cm³/mol.